The van der Waals surface area contributed by atoms with Crippen molar-refractivity contribution in [2.45, 2.75) is 39.5 Å². The Morgan fingerprint density at radius 2 is 0.857 bits per heavy atom. The summed E-state index contributed by atoms with van der Waals surface area (Å²) in [6, 6.07) is 22.8. The first-order valence-corrected chi connectivity index (χ1v) is 14.0. The lowest BCUT2D eigenvalue weighted by Crippen LogP contribution is -2.25. The molecular weight excluding hydrogens is 540 g/mol. The molecule has 3 aromatic carbocycles. The van der Waals surface area contributed by atoms with Crippen LogP contribution in [0.1, 0.15) is 50.8 Å². The molecule has 0 aliphatic rings. The first kappa shape index (κ1) is 32.0. The fraction of sp³-hybridized carbons (Fsp3) is 0.364. The third kappa shape index (κ3) is 8.99. The van der Waals surface area contributed by atoms with Crippen LogP contribution in [-0.4, -0.2) is 57.5 Å². The van der Waals surface area contributed by atoms with E-state index in [1.807, 2.05) is 72.8 Å². The Bertz CT molecular complexity index is 1220. The van der Waals surface area contributed by atoms with E-state index in [2.05, 4.69) is 6.92 Å². The van der Waals surface area contributed by atoms with Gasteiger partial charge in [0.05, 0.1) is 32.8 Å². The maximum Gasteiger partial charge on any atom is 0.344 e. The Kier molecular flexibility index (Phi) is 12.2. The molecule has 0 saturated carbocycles. The van der Waals surface area contributed by atoms with Crippen LogP contribution in [0.4, 0.5) is 0 Å². The van der Waals surface area contributed by atoms with Crippen molar-refractivity contribution in [3.63, 3.8) is 0 Å². The predicted molar refractivity (Wildman–Crippen MR) is 156 cm³/mol. The summed E-state index contributed by atoms with van der Waals surface area (Å²) in [5.74, 6) is 0.564. The Balaban J connectivity index is 1.85. The van der Waals surface area contributed by atoms with Crippen molar-refractivity contribution in [2.24, 2.45) is 0 Å². The molecule has 0 unspecified atom stereocenters. The minimum absolute atomic E-state index is 0.169. The minimum Gasteiger partial charge on any atom is -0.493 e. The molecule has 0 radical (unpaired) electrons. The zero-order chi connectivity index (χ0) is 30.4. The van der Waals surface area contributed by atoms with Crippen molar-refractivity contribution >= 4 is 17.9 Å². The van der Waals surface area contributed by atoms with Crippen LogP contribution in [0.5, 0.6) is 17.2 Å². The molecule has 3 rings (SSSR count). The van der Waals surface area contributed by atoms with Crippen molar-refractivity contribution < 1.29 is 42.8 Å². The van der Waals surface area contributed by atoms with E-state index in [1.165, 1.54) is 0 Å². The number of benzene rings is 3. The molecule has 0 aromatic heterocycles. The minimum atomic E-state index is -0.608. The van der Waals surface area contributed by atoms with Gasteiger partial charge in [-0.3, -0.25) is 4.79 Å². The highest BCUT2D eigenvalue weighted by atomic mass is 16.6. The van der Waals surface area contributed by atoms with Gasteiger partial charge in [-0.25, -0.2) is 9.59 Å². The van der Waals surface area contributed by atoms with Gasteiger partial charge in [0, 0.05) is 5.41 Å². The summed E-state index contributed by atoms with van der Waals surface area (Å²) in [5, 5.41) is 0. The van der Waals surface area contributed by atoms with Gasteiger partial charge in [-0.05, 0) is 80.8 Å². The molecule has 42 heavy (non-hydrogen) atoms. The normalized spacial score (nSPS) is 10.9. The van der Waals surface area contributed by atoms with Crippen molar-refractivity contribution in [3.8, 4) is 17.2 Å². The Labute approximate surface area is 246 Å². The smallest absolute Gasteiger partial charge is 0.344 e. The lowest BCUT2D eigenvalue weighted by atomic mass is 9.71. The fourth-order valence-electron chi connectivity index (χ4n) is 4.33. The topological polar surface area (TPSA) is 107 Å². The first-order chi connectivity index (χ1) is 20.3. The van der Waals surface area contributed by atoms with Crippen LogP contribution < -0.4 is 14.2 Å². The average molecular weight is 579 g/mol. The summed E-state index contributed by atoms with van der Waals surface area (Å²) < 4.78 is 31.7. The zero-order valence-electron chi connectivity index (χ0n) is 24.6. The van der Waals surface area contributed by atoms with Crippen LogP contribution in [0.3, 0.4) is 0 Å². The van der Waals surface area contributed by atoms with Crippen LogP contribution in [0, 0.1) is 0 Å². The number of hydrogen-bond donors (Lipinski definition) is 0. The molecule has 0 heterocycles. The van der Waals surface area contributed by atoms with Gasteiger partial charge in [-0.1, -0.05) is 36.4 Å². The SMILES string of the molecule is CCOC(=O)CCOc1ccc(C(C)(c2ccc(OCC(=O)OCC)cc2)c2ccc(OCC(=O)OCC)cc2)cc1. The monoisotopic (exact) mass is 578 g/mol. The van der Waals surface area contributed by atoms with Crippen molar-refractivity contribution in [1.29, 1.82) is 0 Å². The molecule has 0 N–H and O–H groups in total. The molecule has 0 atom stereocenters. The number of hydrogen-bond acceptors (Lipinski definition) is 9. The second-order valence-electron chi connectivity index (χ2n) is 9.29. The highest BCUT2D eigenvalue weighted by molar-refractivity contribution is 5.71. The molecule has 0 bridgehead atoms. The lowest BCUT2D eigenvalue weighted by Gasteiger charge is -2.32. The van der Waals surface area contributed by atoms with Crippen LogP contribution in [0.2, 0.25) is 0 Å². The lowest BCUT2D eigenvalue weighted by molar-refractivity contribution is -0.146. The average Bonchev–Trinajstić information content (AvgIpc) is 3.00. The summed E-state index contributed by atoms with van der Waals surface area (Å²) in [6.07, 6.45) is 0.169. The quantitative estimate of drug-likeness (QED) is 0.128. The van der Waals surface area contributed by atoms with Crippen molar-refractivity contribution in [3.05, 3.63) is 89.5 Å². The number of carbonyl (C=O) groups excluding carboxylic acids is 3. The standard InChI is InChI=1S/C33H38O9/c1-5-37-30(34)20-21-40-27-14-8-24(9-15-27)33(4,25-10-16-28(17-11-25)41-22-31(35)38-6-2)26-12-18-29(19-13-26)42-23-32(36)39-7-3/h8-19H,5-7,20-23H2,1-4H3. The highest BCUT2D eigenvalue weighted by Crippen LogP contribution is 2.40. The maximum absolute atomic E-state index is 11.7. The Morgan fingerprint density at radius 1 is 0.524 bits per heavy atom. The summed E-state index contributed by atoms with van der Waals surface area (Å²) in [7, 11) is 0. The molecule has 9 nitrogen and oxygen atoms in total. The largest absolute Gasteiger partial charge is 0.493 e. The molecule has 0 spiro atoms. The third-order valence-electron chi connectivity index (χ3n) is 6.50. The molecule has 9 heteroatoms. The molecule has 0 aliphatic heterocycles. The number of ether oxygens (including phenoxy) is 6. The van der Waals surface area contributed by atoms with Gasteiger partial charge in [-0.2, -0.15) is 0 Å². The summed E-state index contributed by atoms with van der Waals surface area (Å²) in [4.78, 5) is 35.0. The fourth-order valence-corrected chi connectivity index (χ4v) is 4.33. The molecule has 0 fully saturated rings. The van der Waals surface area contributed by atoms with Gasteiger partial charge in [0.25, 0.3) is 0 Å². The van der Waals surface area contributed by atoms with Gasteiger partial charge < -0.3 is 28.4 Å². The molecule has 224 valence electrons. The van der Waals surface area contributed by atoms with E-state index in [-0.39, 0.29) is 32.2 Å². The van der Waals surface area contributed by atoms with Crippen LogP contribution >= 0.6 is 0 Å². The van der Waals surface area contributed by atoms with Gasteiger partial charge in [0.15, 0.2) is 13.2 Å². The number of esters is 3. The van der Waals surface area contributed by atoms with E-state index in [1.54, 1.807) is 20.8 Å². The first-order valence-electron chi connectivity index (χ1n) is 14.0. The van der Waals surface area contributed by atoms with Crippen LogP contribution in [0.15, 0.2) is 72.8 Å². The van der Waals surface area contributed by atoms with E-state index < -0.39 is 17.4 Å². The van der Waals surface area contributed by atoms with Crippen LogP contribution in [-0.2, 0) is 34.0 Å². The molecule has 0 aliphatic carbocycles. The van der Waals surface area contributed by atoms with Gasteiger partial charge in [-0.15, -0.1) is 0 Å². The van der Waals surface area contributed by atoms with Crippen molar-refractivity contribution in [2.75, 3.05) is 39.6 Å². The second kappa shape index (κ2) is 16.0. The van der Waals surface area contributed by atoms with E-state index in [0.717, 1.165) is 16.7 Å². The summed E-state index contributed by atoms with van der Waals surface area (Å²) >= 11 is 0. The Hall–Kier alpha value is -4.53. The molecule has 0 amide bonds. The van der Waals surface area contributed by atoms with Gasteiger partial charge in [0.2, 0.25) is 0 Å². The zero-order valence-corrected chi connectivity index (χ0v) is 24.6. The summed E-state index contributed by atoms with van der Waals surface area (Å²) in [5.41, 5.74) is 2.33. The van der Waals surface area contributed by atoms with E-state index in [0.29, 0.717) is 37.1 Å². The van der Waals surface area contributed by atoms with Crippen LogP contribution in [0.25, 0.3) is 0 Å². The van der Waals surface area contributed by atoms with E-state index in [9.17, 15) is 14.4 Å². The molecule has 0 saturated heterocycles. The number of carbonyl (C=O) groups is 3. The third-order valence-corrected chi connectivity index (χ3v) is 6.50. The van der Waals surface area contributed by atoms with Gasteiger partial charge in [0.1, 0.15) is 17.2 Å². The summed E-state index contributed by atoms with van der Waals surface area (Å²) in [6.45, 7) is 8.16. The van der Waals surface area contributed by atoms with Gasteiger partial charge >= 0.3 is 17.9 Å². The molecular formula is C33H38O9. The maximum atomic E-state index is 11.7. The predicted octanol–water partition coefficient (Wildman–Crippen LogP) is 5.26. The second-order valence-corrected chi connectivity index (χ2v) is 9.29. The highest BCUT2D eigenvalue weighted by Gasteiger charge is 2.31. The van der Waals surface area contributed by atoms with E-state index in [4.69, 9.17) is 28.4 Å². The Morgan fingerprint density at radius 3 is 1.21 bits per heavy atom. The molecule has 3 aromatic rings. The van der Waals surface area contributed by atoms with E-state index >= 15 is 0 Å². The van der Waals surface area contributed by atoms with Crippen molar-refractivity contribution in [1.82, 2.24) is 0 Å². The number of rotatable bonds is 16.